The van der Waals surface area contributed by atoms with Gasteiger partial charge in [0.05, 0.1) is 12.6 Å². The van der Waals surface area contributed by atoms with Crippen LogP contribution in [0.2, 0.25) is 18.1 Å². The van der Waals surface area contributed by atoms with Gasteiger partial charge in [-0.3, -0.25) is 9.59 Å². The van der Waals surface area contributed by atoms with Crippen LogP contribution >= 0.6 is 0 Å². The zero-order valence-corrected chi connectivity index (χ0v) is 26.2. The van der Waals surface area contributed by atoms with Crippen molar-refractivity contribution in [1.82, 2.24) is 10.6 Å². The Morgan fingerprint density at radius 3 is 2.33 bits per heavy atom. The lowest BCUT2D eigenvalue weighted by Gasteiger charge is -2.45. The van der Waals surface area contributed by atoms with Crippen molar-refractivity contribution in [2.45, 2.75) is 84.8 Å². The van der Waals surface area contributed by atoms with E-state index in [-0.39, 0.29) is 35.4 Å². The lowest BCUT2D eigenvalue weighted by Crippen LogP contribution is -2.52. The first-order chi connectivity index (χ1) is 18.8. The van der Waals surface area contributed by atoms with Gasteiger partial charge < -0.3 is 24.7 Å². The molecule has 0 spiro atoms. The Morgan fingerprint density at radius 2 is 1.73 bits per heavy atom. The number of benzene rings is 2. The maximum Gasteiger partial charge on any atom is 0.407 e. The molecule has 9 heteroatoms. The Labute approximate surface area is 239 Å². The summed E-state index contributed by atoms with van der Waals surface area (Å²) in [5.74, 6) is -0.418. The summed E-state index contributed by atoms with van der Waals surface area (Å²) >= 11 is 0. The number of ether oxygens (including phenoxy) is 1. The van der Waals surface area contributed by atoms with E-state index in [1.807, 2.05) is 44.2 Å². The highest BCUT2D eigenvalue weighted by Gasteiger charge is 2.41. The van der Waals surface area contributed by atoms with Gasteiger partial charge in [0.2, 0.25) is 5.91 Å². The summed E-state index contributed by atoms with van der Waals surface area (Å²) in [6.45, 7) is 17.5. The number of hydrogen-bond acceptors (Lipinski definition) is 5. The molecule has 2 aromatic carbocycles. The highest BCUT2D eigenvalue weighted by Crippen LogP contribution is 2.42. The van der Waals surface area contributed by atoms with Crippen LogP contribution < -0.4 is 15.5 Å². The summed E-state index contributed by atoms with van der Waals surface area (Å²) in [5.41, 5.74) is 2.76. The van der Waals surface area contributed by atoms with E-state index in [4.69, 9.17) is 9.16 Å². The summed E-state index contributed by atoms with van der Waals surface area (Å²) in [4.78, 5) is 40.5. The Bertz CT molecular complexity index is 1200. The van der Waals surface area contributed by atoms with Crippen LogP contribution in [0.4, 0.5) is 10.5 Å². The largest absolute Gasteiger partial charge is 0.445 e. The van der Waals surface area contributed by atoms with Gasteiger partial charge in [-0.2, -0.15) is 0 Å². The Morgan fingerprint density at radius 1 is 1.05 bits per heavy atom. The summed E-state index contributed by atoms with van der Waals surface area (Å²) in [5, 5.41) is 6.07. The second kappa shape index (κ2) is 13.0. The summed E-state index contributed by atoms with van der Waals surface area (Å²) < 4.78 is 11.7. The monoisotopic (exact) mass is 567 g/mol. The second-order valence-electron chi connectivity index (χ2n) is 12.0. The minimum absolute atomic E-state index is 0.0787. The molecule has 2 N–H and O–H groups in total. The zero-order valence-electron chi connectivity index (χ0n) is 25.2. The van der Waals surface area contributed by atoms with Crippen LogP contribution in [0.5, 0.6) is 0 Å². The maximum absolute atomic E-state index is 13.1. The SMILES string of the molecule is CC[C@H]1[C@H](C)[C@@H](NC(=O)OCc2ccccc2)c2cc(C(=O)NCCO[Si](C)(C)C(C)(C)C)ccc2N1C(C)=O. The van der Waals surface area contributed by atoms with Crippen molar-refractivity contribution >= 4 is 31.9 Å². The molecule has 8 nitrogen and oxygen atoms in total. The third kappa shape index (κ3) is 7.31. The average molecular weight is 568 g/mol. The number of anilines is 1. The van der Waals surface area contributed by atoms with Crippen LogP contribution in [0.25, 0.3) is 0 Å². The highest BCUT2D eigenvalue weighted by molar-refractivity contribution is 6.74. The van der Waals surface area contributed by atoms with E-state index in [1.165, 1.54) is 0 Å². The van der Waals surface area contributed by atoms with Crippen molar-refractivity contribution in [2.24, 2.45) is 5.92 Å². The first-order valence-corrected chi connectivity index (χ1v) is 17.0. The van der Waals surface area contributed by atoms with Crippen LogP contribution in [-0.4, -0.2) is 45.4 Å². The third-order valence-electron chi connectivity index (χ3n) is 8.25. The van der Waals surface area contributed by atoms with Gasteiger partial charge in [-0.1, -0.05) is 65.0 Å². The van der Waals surface area contributed by atoms with Gasteiger partial charge in [0.1, 0.15) is 6.61 Å². The van der Waals surface area contributed by atoms with Crippen molar-refractivity contribution in [1.29, 1.82) is 0 Å². The predicted octanol–water partition coefficient (Wildman–Crippen LogP) is 6.19. The summed E-state index contributed by atoms with van der Waals surface area (Å²) in [6.07, 6.45) is 0.170. The van der Waals surface area contributed by atoms with Gasteiger partial charge in [0.15, 0.2) is 8.32 Å². The van der Waals surface area contributed by atoms with Crippen molar-refractivity contribution in [3.05, 3.63) is 65.2 Å². The molecule has 0 saturated heterocycles. The van der Waals surface area contributed by atoms with Crippen LogP contribution in [-0.2, 0) is 20.6 Å². The van der Waals surface area contributed by atoms with Gasteiger partial charge in [0, 0.05) is 36.7 Å². The molecule has 218 valence electrons. The van der Waals surface area contributed by atoms with E-state index in [0.717, 1.165) is 5.56 Å². The maximum atomic E-state index is 13.1. The fourth-order valence-electron chi connectivity index (χ4n) is 4.93. The van der Waals surface area contributed by atoms with E-state index in [1.54, 1.807) is 30.0 Å². The van der Waals surface area contributed by atoms with Gasteiger partial charge >= 0.3 is 6.09 Å². The first kappa shape index (κ1) is 31.4. The van der Waals surface area contributed by atoms with E-state index in [0.29, 0.717) is 36.4 Å². The van der Waals surface area contributed by atoms with Crippen molar-refractivity contribution in [3.63, 3.8) is 0 Å². The van der Waals surface area contributed by atoms with Crippen molar-refractivity contribution < 1.29 is 23.5 Å². The first-order valence-electron chi connectivity index (χ1n) is 14.1. The quantitative estimate of drug-likeness (QED) is 0.278. The molecular weight excluding hydrogens is 522 g/mol. The van der Waals surface area contributed by atoms with Crippen LogP contribution in [0, 0.1) is 5.92 Å². The molecule has 0 fully saturated rings. The zero-order chi connectivity index (χ0) is 29.7. The number of nitrogens with zero attached hydrogens (tertiary/aromatic N) is 1. The van der Waals surface area contributed by atoms with Gasteiger partial charge in [-0.15, -0.1) is 0 Å². The van der Waals surface area contributed by atoms with E-state index in [2.05, 4.69) is 44.5 Å². The number of hydrogen-bond donors (Lipinski definition) is 2. The van der Waals surface area contributed by atoms with Gasteiger partial charge in [-0.25, -0.2) is 4.79 Å². The molecule has 3 atom stereocenters. The minimum Gasteiger partial charge on any atom is -0.445 e. The fraction of sp³-hybridized carbons (Fsp3) is 0.516. The molecule has 0 radical (unpaired) electrons. The van der Waals surface area contributed by atoms with E-state index in [9.17, 15) is 14.4 Å². The number of amides is 3. The van der Waals surface area contributed by atoms with Gasteiger partial charge in [0.25, 0.3) is 5.91 Å². The third-order valence-corrected chi connectivity index (χ3v) is 12.8. The number of rotatable bonds is 9. The molecule has 0 saturated carbocycles. The number of alkyl carbamates (subject to hydrolysis) is 1. The number of carbonyl (C=O) groups excluding carboxylic acids is 3. The lowest BCUT2D eigenvalue weighted by atomic mass is 9.80. The number of nitrogens with one attached hydrogen (secondary N) is 2. The lowest BCUT2D eigenvalue weighted by molar-refractivity contribution is -0.117. The normalized spacial score (nSPS) is 19.0. The Hall–Kier alpha value is -3.17. The molecule has 2 aromatic rings. The number of fused-ring (bicyclic) bond motifs is 1. The van der Waals surface area contributed by atoms with E-state index < -0.39 is 20.5 Å². The Kier molecular flexibility index (Phi) is 10.2. The molecular formula is C31H45N3O5Si. The van der Waals surface area contributed by atoms with Gasteiger partial charge in [-0.05, 0) is 53.9 Å². The number of carbonyl (C=O) groups is 3. The molecule has 1 heterocycles. The molecule has 0 bridgehead atoms. The van der Waals surface area contributed by atoms with Crippen molar-refractivity contribution in [3.8, 4) is 0 Å². The van der Waals surface area contributed by atoms with Crippen LogP contribution in [0.3, 0.4) is 0 Å². The standard InChI is InChI=1S/C31H45N3O5Si/c1-9-26-21(2)28(33-30(37)38-20-23-13-11-10-12-14-23)25-19-24(15-16-27(25)34(26)22(3)35)29(36)32-17-18-39-40(7,8)31(4,5)6/h10-16,19,21,26,28H,9,17-18,20H2,1-8H3,(H,32,36)(H,33,37)/t21-,26-,28+/m0/s1. The fourth-order valence-corrected chi connectivity index (χ4v) is 5.98. The van der Waals surface area contributed by atoms with Crippen LogP contribution in [0.15, 0.2) is 48.5 Å². The molecule has 3 amide bonds. The van der Waals surface area contributed by atoms with E-state index >= 15 is 0 Å². The molecule has 3 rings (SSSR count). The smallest absolute Gasteiger partial charge is 0.407 e. The molecule has 40 heavy (non-hydrogen) atoms. The molecule has 0 unspecified atom stereocenters. The summed E-state index contributed by atoms with van der Waals surface area (Å²) in [6, 6.07) is 14.2. The Balaban J connectivity index is 1.80. The molecule has 1 aliphatic heterocycles. The average Bonchev–Trinajstić information content (AvgIpc) is 2.90. The molecule has 0 aliphatic carbocycles. The highest BCUT2D eigenvalue weighted by atomic mass is 28.4. The predicted molar refractivity (Wildman–Crippen MR) is 161 cm³/mol. The topological polar surface area (TPSA) is 97.0 Å². The van der Waals surface area contributed by atoms with Crippen LogP contribution in [0.1, 0.15) is 75.5 Å². The second-order valence-corrected chi connectivity index (χ2v) is 16.9. The minimum atomic E-state index is -1.91. The molecule has 1 aliphatic rings. The summed E-state index contributed by atoms with van der Waals surface area (Å²) in [7, 11) is -1.91. The van der Waals surface area contributed by atoms with Crippen molar-refractivity contribution in [2.75, 3.05) is 18.1 Å². The molecule has 0 aromatic heterocycles.